The minimum atomic E-state index is -3.69. The van der Waals surface area contributed by atoms with E-state index in [9.17, 15) is 18.0 Å². The zero-order chi connectivity index (χ0) is 20.1. The summed E-state index contributed by atoms with van der Waals surface area (Å²) < 4.78 is 22.5. The fourth-order valence-electron chi connectivity index (χ4n) is 3.22. The van der Waals surface area contributed by atoms with Gasteiger partial charge < -0.3 is 10.2 Å². The SMILES string of the molecule is NS(=O)(=O)c1ccc(CCNC(=O)C2CCN(C(=O)c3cccs3)CC2)cc1. The number of likely N-dealkylation sites (tertiary alicyclic amines) is 1. The summed E-state index contributed by atoms with van der Waals surface area (Å²) in [6.45, 7) is 1.65. The lowest BCUT2D eigenvalue weighted by Gasteiger charge is -2.31. The molecule has 2 amide bonds. The summed E-state index contributed by atoms with van der Waals surface area (Å²) in [5.41, 5.74) is 0.920. The van der Waals surface area contributed by atoms with E-state index in [0.29, 0.717) is 38.9 Å². The number of carbonyl (C=O) groups is 2. The van der Waals surface area contributed by atoms with Gasteiger partial charge in [0.15, 0.2) is 0 Å². The molecule has 2 aromatic rings. The fraction of sp³-hybridized carbons (Fsp3) is 0.368. The number of nitrogens with zero attached hydrogens (tertiary/aromatic N) is 1. The predicted octanol–water partition coefficient (Wildman–Crippen LogP) is 1.61. The second-order valence-electron chi connectivity index (χ2n) is 6.77. The van der Waals surface area contributed by atoms with Crippen molar-refractivity contribution in [2.45, 2.75) is 24.2 Å². The number of thiophene rings is 1. The molecule has 2 heterocycles. The zero-order valence-electron chi connectivity index (χ0n) is 15.3. The van der Waals surface area contributed by atoms with Crippen LogP contribution in [0.3, 0.4) is 0 Å². The maximum atomic E-state index is 12.4. The number of nitrogens with two attached hydrogens (primary N) is 1. The number of carbonyl (C=O) groups excluding carboxylic acids is 2. The largest absolute Gasteiger partial charge is 0.356 e. The third kappa shape index (κ3) is 5.18. The molecule has 3 rings (SSSR count). The predicted molar refractivity (Wildman–Crippen MR) is 107 cm³/mol. The van der Waals surface area contributed by atoms with Crippen LogP contribution < -0.4 is 10.5 Å². The van der Waals surface area contributed by atoms with Crippen LogP contribution in [-0.4, -0.2) is 44.8 Å². The lowest BCUT2D eigenvalue weighted by Crippen LogP contribution is -2.43. The number of primary sulfonamides is 1. The Kier molecular flexibility index (Phi) is 6.48. The number of benzene rings is 1. The van der Waals surface area contributed by atoms with Gasteiger partial charge in [0.1, 0.15) is 0 Å². The molecular weight excluding hydrogens is 398 g/mol. The fourth-order valence-corrected chi connectivity index (χ4v) is 4.43. The molecule has 1 aromatic heterocycles. The monoisotopic (exact) mass is 421 g/mol. The van der Waals surface area contributed by atoms with Crippen LogP contribution in [0, 0.1) is 5.92 Å². The third-order valence-electron chi connectivity index (χ3n) is 4.85. The van der Waals surface area contributed by atoms with Crippen LogP contribution in [-0.2, 0) is 21.2 Å². The van der Waals surface area contributed by atoms with Crippen LogP contribution in [0.2, 0.25) is 0 Å². The molecule has 9 heteroatoms. The summed E-state index contributed by atoms with van der Waals surface area (Å²) >= 11 is 1.43. The Balaban J connectivity index is 1.42. The van der Waals surface area contributed by atoms with Gasteiger partial charge in [0, 0.05) is 25.6 Å². The molecule has 3 N–H and O–H groups in total. The molecule has 0 atom stereocenters. The standard InChI is InChI=1S/C19H23N3O4S2/c20-28(25,26)16-5-3-14(4-6-16)7-10-21-18(23)15-8-11-22(12-9-15)19(24)17-2-1-13-27-17/h1-6,13,15H,7-12H2,(H,21,23)(H2,20,25,26). The number of sulfonamides is 1. The van der Waals surface area contributed by atoms with Crippen molar-refractivity contribution in [2.24, 2.45) is 11.1 Å². The first-order valence-corrected chi connectivity index (χ1v) is 11.5. The van der Waals surface area contributed by atoms with E-state index < -0.39 is 10.0 Å². The Morgan fingerprint density at radius 3 is 2.39 bits per heavy atom. The Labute approximate surface area is 168 Å². The van der Waals surface area contributed by atoms with Crippen molar-refractivity contribution >= 4 is 33.2 Å². The van der Waals surface area contributed by atoms with Crippen molar-refractivity contribution < 1.29 is 18.0 Å². The van der Waals surface area contributed by atoms with Crippen molar-refractivity contribution in [3.05, 3.63) is 52.2 Å². The molecule has 7 nitrogen and oxygen atoms in total. The summed E-state index contributed by atoms with van der Waals surface area (Å²) in [4.78, 5) is 27.3. The van der Waals surface area contributed by atoms with E-state index in [1.165, 1.54) is 23.5 Å². The lowest BCUT2D eigenvalue weighted by atomic mass is 9.95. The van der Waals surface area contributed by atoms with E-state index in [-0.39, 0.29) is 22.6 Å². The summed E-state index contributed by atoms with van der Waals surface area (Å²) in [6.07, 6.45) is 1.92. The van der Waals surface area contributed by atoms with Gasteiger partial charge in [0.25, 0.3) is 5.91 Å². The number of hydrogen-bond acceptors (Lipinski definition) is 5. The number of amides is 2. The van der Waals surface area contributed by atoms with E-state index in [2.05, 4.69) is 5.32 Å². The average molecular weight is 422 g/mol. The maximum absolute atomic E-state index is 12.4. The molecule has 1 saturated heterocycles. The van der Waals surface area contributed by atoms with E-state index >= 15 is 0 Å². The summed E-state index contributed by atoms with van der Waals surface area (Å²) in [7, 11) is -3.69. The Hall–Kier alpha value is -2.23. The highest BCUT2D eigenvalue weighted by molar-refractivity contribution is 7.89. The molecule has 0 aliphatic carbocycles. The van der Waals surface area contributed by atoms with Crippen LogP contribution in [0.4, 0.5) is 0 Å². The number of nitrogens with one attached hydrogen (secondary N) is 1. The summed E-state index contributed by atoms with van der Waals surface area (Å²) in [5.74, 6) is -0.0432. The van der Waals surface area contributed by atoms with Crippen LogP contribution in [0.5, 0.6) is 0 Å². The first-order valence-electron chi connectivity index (χ1n) is 9.07. The van der Waals surface area contributed by atoms with E-state index in [1.807, 2.05) is 22.4 Å². The Morgan fingerprint density at radius 2 is 1.82 bits per heavy atom. The average Bonchev–Trinajstić information content (AvgIpc) is 3.22. The topological polar surface area (TPSA) is 110 Å². The van der Waals surface area contributed by atoms with Crippen LogP contribution >= 0.6 is 11.3 Å². The van der Waals surface area contributed by atoms with E-state index in [4.69, 9.17) is 5.14 Å². The molecule has 0 bridgehead atoms. The summed E-state index contributed by atoms with van der Waals surface area (Å²) in [5, 5.41) is 9.90. The van der Waals surface area contributed by atoms with Crippen LogP contribution in [0.15, 0.2) is 46.7 Å². The molecule has 1 aromatic carbocycles. The molecule has 28 heavy (non-hydrogen) atoms. The highest BCUT2D eigenvalue weighted by atomic mass is 32.2. The van der Waals surface area contributed by atoms with Gasteiger partial charge in [-0.3, -0.25) is 9.59 Å². The molecule has 1 aliphatic heterocycles. The minimum Gasteiger partial charge on any atom is -0.356 e. The second kappa shape index (κ2) is 8.85. The maximum Gasteiger partial charge on any atom is 0.263 e. The normalized spacial score (nSPS) is 15.4. The van der Waals surface area contributed by atoms with Crippen molar-refractivity contribution in [3.8, 4) is 0 Å². The molecule has 1 aliphatic rings. The molecule has 0 saturated carbocycles. The molecule has 0 unspecified atom stereocenters. The van der Waals surface area contributed by atoms with Crippen molar-refractivity contribution in [3.63, 3.8) is 0 Å². The first kappa shape index (κ1) is 20.5. The molecule has 0 radical (unpaired) electrons. The molecule has 150 valence electrons. The number of rotatable bonds is 6. The Morgan fingerprint density at radius 1 is 1.14 bits per heavy atom. The van der Waals surface area contributed by atoms with Gasteiger partial charge in [-0.15, -0.1) is 11.3 Å². The second-order valence-corrected chi connectivity index (χ2v) is 9.28. The van der Waals surface area contributed by atoms with Crippen molar-refractivity contribution in [1.82, 2.24) is 10.2 Å². The van der Waals surface area contributed by atoms with Crippen molar-refractivity contribution in [1.29, 1.82) is 0 Å². The van der Waals surface area contributed by atoms with Crippen LogP contribution in [0.25, 0.3) is 0 Å². The quantitative estimate of drug-likeness (QED) is 0.738. The Bertz CT molecular complexity index is 917. The van der Waals surface area contributed by atoms with Gasteiger partial charge in [0.05, 0.1) is 9.77 Å². The smallest absolute Gasteiger partial charge is 0.263 e. The zero-order valence-corrected chi connectivity index (χ0v) is 17.0. The highest BCUT2D eigenvalue weighted by Gasteiger charge is 2.27. The highest BCUT2D eigenvalue weighted by Crippen LogP contribution is 2.21. The number of piperidine rings is 1. The van der Waals surface area contributed by atoms with Gasteiger partial charge in [-0.25, -0.2) is 13.6 Å². The van der Waals surface area contributed by atoms with Crippen molar-refractivity contribution in [2.75, 3.05) is 19.6 Å². The molecule has 1 fully saturated rings. The molecular formula is C19H23N3O4S2. The van der Waals surface area contributed by atoms with Gasteiger partial charge in [-0.1, -0.05) is 18.2 Å². The number of hydrogen-bond donors (Lipinski definition) is 2. The van der Waals surface area contributed by atoms with Crippen LogP contribution in [0.1, 0.15) is 28.1 Å². The minimum absolute atomic E-state index is 0.00405. The van der Waals surface area contributed by atoms with Gasteiger partial charge >= 0.3 is 0 Å². The van der Waals surface area contributed by atoms with E-state index in [0.717, 1.165) is 10.4 Å². The summed E-state index contributed by atoms with van der Waals surface area (Å²) in [6, 6.07) is 10.0. The van der Waals surface area contributed by atoms with Gasteiger partial charge in [-0.05, 0) is 48.4 Å². The van der Waals surface area contributed by atoms with E-state index in [1.54, 1.807) is 12.1 Å². The van der Waals surface area contributed by atoms with Gasteiger partial charge in [0.2, 0.25) is 15.9 Å². The lowest BCUT2D eigenvalue weighted by molar-refractivity contribution is -0.126. The van der Waals surface area contributed by atoms with Gasteiger partial charge in [-0.2, -0.15) is 0 Å². The third-order valence-corrected chi connectivity index (χ3v) is 6.64. The molecule has 0 spiro atoms. The first-order chi connectivity index (χ1) is 13.3.